The molecular formula is C34H44Cl2N4O2Sn. The number of aromatic nitrogens is 2. The van der Waals surface area contributed by atoms with Crippen LogP contribution in [0.3, 0.4) is 0 Å². The van der Waals surface area contributed by atoms with Crippen LogP contribution in [0.5, 0.6) is 11.5 Å². The number of hydrogen-bond donors (Lipinski definition) is 0. The van der Waals surface area contributed by atoms with Gasteiger partial charge in [0.2, 0.25) is 0 Å². The van der Waals surface area contributed by atoms with Crippen molar-refractivity contribution in [2.45, 2.75) is 105 Å². The van der Waals surface area contributed by atoms with Gasteiger partial charge in [0.15, 0.2) is 0 Å². The Labute approximate surface area is 269 Å². The first-order valence-electron chi connectivity index (χ1n) is 14.6. The van der Waals surface area contributed by atoms with E-state index in [2.05, 4.69) is 117 Å². The number of nitrogens with zero attached hydrogens (tertiary/aromatic N) is 4. The summed E-state index contributed by atoms with van der Waals surface area (Å²) in [6, 6.07) is 8.53. The van der Waals surface area contributed by atoms with E-state index in [9.17, 15) is 0 Å². The van der Waals surface area contributed by atoms with Crippen LogP contribution in [0.4, 0.5) is 11.5 Å². The summed E-state index contributed by atoms with van der Waals surface area (Å²) < 4.78 is 13.4. The molecule has 2 heterocycles. The van der Waals surface area contributed by atoms with E-state index in [-0.39, 0.29) is 21.7 Å². The Hall–Kier alpha value is -2.16. The van der Waals surface area contributed by atoms with Crippen molar-refractivity contribution < 1.29 is 6.15 Å². The van der Waals surface area contributed by atoms with E-state index in [4.69, 9.17) is 34.0 Å². The van der Waals surface area contributed by atoms with Crippen LogP contribution in [0.15, 0.2) is 46.8 Å². The van der Waals surface area contributed by atoms with Crippen LogP contribution >= 0.6 is 17.8 Å². The third-order valence-corrected chi connectivity index (χ3v) is 12.0. The minimum atomic E-state index is -4.86. The fourth-order valence-corrected chi connectivity index (χ4v) is 9.58. The zero-order valence-corrected chi connectivity index (χ0v) is 31.8. The Balaban J connectivity index is 2.10. The summed E-state index contributed by atoms with van der Waals surface area (Å²) in [6.07, 6.45) is 6.64. The second kappa shape index (κ2) is 11.6. The molecule has 0 spiro atoms. The molecule has 4 rings (SSSR count). The topological polar surface area (TPSA) is 69.0 Å². The van der Waals surface area contributed by atoms with Gasteiger partial charge in [0.1, 0.15) is 0 Å². The molecule has 0 amide bonds. The Morgan fingerprint density at radius 2 is 1.05 bits per heavy atom. The molecule has 6 nitrogen and oxygen atoms in total. The van der Waals surface area contributed by atoms with Gasteiger partial charge in [-0.3, -0.25) is 0 Å². The van der Waals surface area contributed by atoms with Gasteiger partial charge in [-0.05, 0) is 0 Å². The van der Waals surface area contributed by atoms with Crippen LogP contribution in [0.2, 0.25) is 0 Å². The molecule has 0 saturated carbocycles. The molecule has 0 fully saturated rings. The third-order valence-electron chi connectivity index (χ3n) is 7.37. The van der Waals surface area contributed by atoms with E-state index >= 15 is 0 Å². The summed E-state index contributed by atoms with van der Waals surface area (Å²) in [5.41, 5.74) is 5.42. The summed E-state index contributed by atoms with van der Waals surface area (Å²) in [6.45, 7) is 26.0. The first kappa shape index (κ1) is 33.7. The summed E-state index contributed by atoms with van der Waals surface area (Å²) in [7, 11) is 14.4. The number of hydrogen-bond acceptors (Lipinski definition) is 6. The molecule has 0 N–H and O–H groups in total. The molecule has 0 radical (unpaired) electrons. The molecule has 1 aromatic heterocycles. The van der Waals surface area contributed by atoms with E-state index in [1.54, 1.807) is 18.6 Å². The zero-order chi connectivity index (χ0) is 32.2. The van der Waals surface area contributed by atoms with Crippen molar-refractivity contribution in [3.63, 3.8) is 0 Å². The number of rotatable bonds is 0. The van der Waals surface area contributed by atoms with Crippen LogP contribution in [0.25, 0.3) is 0 Å². The molecule has 0 aliphatic carbocycles. The molecule has 230 valence electrons. The third kappa shape index (κ3) is 7.92. The standard InChI is InChI=1S/C34H46N4O2.2ClH.Sn/c1-31(2,3)23-13-21(28(39)25(15-23)33(7,8)9)17-36-27-19-35-20-38-30(27)37-18-22-14-24(32(4,5)6)16-26(29(22)40)34(10,11)12;;;/h13-20,39-40H,1-12H3;2*1H;/q;;;+4/p-4. The summed E-state index contributed by atoms with van der Waals surface area (Å²) in [5, 5.41) is 0. The molecule has 1 aliphatic rings. The van der Waals surface area contributed by atoms with E-state index in [0.29, 0.717) is 23.0 Å². The van der Waals surface area contributed by atoms with Crippen LogP contribution in [0.1, 0.15) is 116 Å². The molecule has 0 saturated heterocycles. The molecule has 9 heteroatoms. The number of fused-ring (bicyclic) bond motifs is 3. The SMILES string of the molecule is CC(C)(C)c1cc2c(c(C(C)(C)C)c1)[O][Sn]([Cl])([Cl])[O]c1c(cc(C(C)(C)C)cc1C(C)(C)C)C=Nc1ncncc1N=C2. The molecule has 0 unspecified atom stereocenters. The summed E-state index contributed by atoms with van der Waals surface area (Å²) in [4.78, 5) is 18.3. The van der Waals surface area contributed by atoms with Crippen LogP contribution in [-0.4, -0.2) is 39.3 Å². The normalized spacial score (nSPS) is 15.6. The monoisotopic (exact) mass is 730 g/mol. The molecule has 0 atom stereocenters. The van der Waals surface area contributed by atoms with Crippen molar-refractivity contribution in [1.29, 1.82) is 0 Å². The first-order valence-corrected chi connectivity index (χ1v) is 24.1. The number of halogens is 2. The van der Waals surface area contributed by atoms with Gasteiger partial charge in [0, 0.05) is 0 Å². The Kier molecular flexibility index (Phi) is 9.13. The van der Waals surface area contributed by atoms with Gasteiger partial charge in [-0.15, -0.1) is 0 Å². The maximum absolute atomic E-state index is 7.18. The van der Waals surface area contributed by atoms with Gasteiger partial charge in [-0.2, -0.15) is 0 Å². The average Bonchev–Trinajstić information content (AvgIpc) is 2.84. The van der Waals surface area contributed by atoms with Crippen molar-refractivity contribution in [3.05, 3.63) is 70.2 Å². The van der Waals surface area contributed by atoms with Crippen LogP contribution in [0, 0.1) is 0 Å². The van der Waals surface area contributed by atoms with Crippen LogP contribution < -0.4 is 6.15 Å². The molecule has 3 aromatic rings. The molecular weight excluding hydrogens is 686 g/mol. The van der Waals surface area contributed by atoms with E-state index in [1.165, 1.54) is 6.33 Å². The molecule has 1 aliphatic heterocycles. The van der Waals surface area contributed by atoms with Gasteiger partial charge >= 0.3 is 271 Å². The van der Waals surface area contributed by atoms with Crippen molar-refractivity contribution in [1.82, 2.24) is 9.97 Å². The van der Waals surface area contributed by atoms with Gasteiger partial charge < -0.3 is 0 Å². The zero-order valence-electron chi connectivity index (χ0n) is 27.5. The predicted molar refractivity (Wildman–Crippen MR) is 183 cm³/mol. The van der Waals surface area contributed by atoms with Gasteiger partial charge in [-0.1, -0.05) is 0 Å². The van der Waals surface area contributed by atoms with E-state index < -0.39 is 17.0 Å². The van der Waals surface area contributed by atoms with Crippen molar-refractivity contribution in [2.75, 3.05) is 0 Å². The number of aliphatic imine (C=N–C) groups is 2. The minimum absolute atomic E-state index is 0.126. The molecule has 0 bridgehead atoms. The van der Waals surface area contributed by atoms with Crippen molar-refractivity contribution in [3.8, 4) is 11.5 Å². The van der Waals surface area contributed by atoms with E-state index in [0.717, 1.165) is 33.4 Å². The summed E-state index contributed by atoms with van der Waals surface area (Å²) in [5.74, 6) is 1.59. The average molecular weight is 730 g/mol. The fraction of sp³-hybridized carbons (Fsp3) is 0.471. The Bertz CT molecular complexity index is 1470. The van der Waals surface area contributed by atoms with E-state index in [1.807, 2.05) is 0 Å². The Morgan fingerprint density at radius 1 is 0.605 bits per heavy atom. The second-order valence-electron chi connectivity index (χ2n) is 15.3. The van der Waals surface area contributed by atoms with Gasteiger partial charge in [0.05, 0.1) is 0 Å². The summed E-state index contributed by atoms with van der Waals surface area (Å²) >= 11 is -4.86. The Morgan fingerprint density at radius 3 is 1.47 bits per heavy atom. The van der Waals surface area contributed by atoms with Crippen molar-refractivity contribution >= 4 is 58.7 Å². The van der Waals surface area contributed by atoms with Gasteiger partial charge in [0.25, 0.3) is 0 Å². The van der Waals surface area contributed by atoms with Gasteiger partial charge in [-0.25, -0.2) is 0 Å². The number of benzene rings is 2. The maximum atomic E-state index is 7.18. The second-order valence-corrected chi connectivity index (χ2v) is 27.1. The first-order chi connectivity index (χ1) is 19.6. The predicted octanol–water partition coefficient (Wildman–Crippen LogP) is 9.85. The fourth-order valence-electron chi connectivity index (χ4n) is 4.74. The molecule has 2 aromatic carbocycles. The quantitative estimate of drug-likeness (QED) is 0.216. The van der Waals surface area contributed by atoms with Crippen molar-refractivity contribution in [2.24, 2.45) is 9.98 Å². The van der Waals surface area contributed by atoms with Crippen LogP contribution in [-0.2, 0) is 21.7 Å². The molecule has 43 heavy (non-hydrogen) atoms.